The van der Waals surface area contributed by atoms with Crippen molar-refractivity contribution >= 4 is 40.8 Å². The first-order valence-electron chi connectivity index (χ1n) is 6.79. The molecule has 0 aromatic heterocycles. The Balaban J connectivity index is 2.07. The molecule has 0 aliphatic carbocycles. The predicted octanol–water partition coefficient (Wildman–Crippen LogP) is 3.98. The number of hydrogen-bond acceptors (Lipinski definition) is 2. The number of amides is 3. The summed E-state index contributed by atoms with van der Waals surface area (Å²) >= 11 is 12.0. The van der Waals surface area contributed by atoms with Crippen LogP contribution in [0.5, 0.6) is 0 Å². The Bertz CT molecular complexity index is 733. The van der Waals surface area contributed by atoms with Crippen molar-refractivity contribution in [3.63, 3.8) is 0 Å². The van der Waals surface area contributed by atoms with E-state index < -0.39 is 6.03 Å². The molecule has 5 nitrogen and oxygen atoms in total. The van der Waals surface area contributed by atoms with Crippen LogP contribution in [0.2, 0.25) is 10.0 Å². The molecule has 2 aromatic rings. The molecule has 0 saturated carbocycles. The number of primary amides is 1. The Morgan fingerprint density at radius 3 is 2.30 bits per heavy atom. The summed E-state index contributed by atoms with van der Waals surface area (Å²) < 4.78 is 0. The summed E-state index contributed by atoms with van der Waals surface area (Å²) in [5.41, 5.74) is 6.77. The monoisotopic (exact) mass is 351 g/mol. The number of carbonyl (C=O) groups is 2. The molecule has 0 aliphatic heterocycles. The van der Waals surface area contributed by atoms with Gasteiger partial charge in [0.15, 0.2) is 0 Å². The Morgan fingerprint density at radius 2 is 1.74 bits per heavy atom. The van der Waals surface area contributed by atoms with E-state index in [0.717, 1.165) is 5.56 Å². The minimum absolute atomic E-state index is 0.255. The topological polar surface area (TPSA) is 84.2 Å². The Hall–Kier alpha value is -2.24. The van der Waals surface area contributed by atoms with Gasteiger partial charge in [0, 0.05) is 21.3 Å². The van der Waals surface area contributed by atoms with Gasteiger partial charge in [0.25, 0.3) is 5.91 Å². The quantitative estimate of drug-likeness (QED) is 0.778. The molecule has 4 N–H and O–H groups in total. The minimum atomic E-state index is -0.659. The number of anilines is 1. The number of urea groups is 1. The maximum atomic E-state index is 12.2. The van der Waals surface area contributed by atoms with Crippen LogP contribution < -0.4 is 16.4 Å². The summed E-state index contributed by atoms with van der Waals surface area (Å²) in [4.78, 5) is 23.0. The van der Waals surface area contributed by atoms with Gasteiger partial charge >= 0.3 is 6.03 Å². The summed E-state index contributed by atoms with van der Waals surface area (Å²) in [6.45, 7) is 1.83. The molecule has 0 radical (unpaired) electrons. The van der Waals surface area contributed by atoms with Crippen molar-refractivity contribution in [3.8, 4) is 0 Å². The Kier molecular flexibility index (Phi) is 5.47. The van der Waals surface area contributed by atoms with Crippen molar-refractivity contribution in [3.05, 3.63) is 63.6 Å². The fourth-order valence-electron chi connectivity index (χ4n) is 2.06. The second kappa shape index (κ2) is 7.35. The van der Waals surface area contributed by atoms with Crippen LogP contribution in [0.4, 0.5) is 10.5 Å². The highest BCUT2D eigenvalue weighted by molar-refractivity contribution is 6.35. The van der Waals surface area contributed by atoms with Crippen LogP contribution in [0.3, 0.4) is 0 Å². The number of benzene rings is 2. The lowest BCUT2D eigenvalue weighted by atomic mass is 10.1. The summed E-state index contributed by atoms with van der Waals surface area (Å²) in [6.07, 6.45) is 0. The number of hydrogen-bond donors (Lipinski definition) is 3. The molecule has 0 bridgehead atoms. The van der Waals surface area contributed by atoms with Crippen molar-refractivity contribution in [2.75, 3.05) is 5.32 Å². The van der Waals surface area contributed by atoms with E-state index in [1.54, 1.807) is 42.5 Å². The molecule has 0 fully saturated rings. The van der Waals surface area contributed by atoms with Crippen molar-refractivity contribution in [2.24, 2.45) is 5.73 Å². The van der Waals surface area contributed by atoms with Crippen molar-refractivity contribution < 1.29 is 9.59 Å². The molecule has 2 rings (SSSR count). The van der Waals surface area contributed by atoms with Crippen molar-refractivity contribution in [1.82, 2.24) is 5.32 Å². The maximum absolute atomic E-state index is 12.2. The molecule has 23 heavy (non-hydrogen) atoms. The first kappa shape index (κ1) is 17.1. The van der Waals surface area contributed by atoms with Crippen molar-refractivity contribution in [1.29, 1.82) is 0 Å². The number of nitrogens with one attached hydrogen (secondary N) is 2. The fraction of sp³-hybridized carbons (Fsp3) is 0.125. The van der Waals surface area contributed by atoms with Crippen LogP contribution in [-0.2, 0) is 0 Å². The Labute approximate surface area is 143 Å². The maximum Gasteiger partial charge on any atom is 0.316 e. The number of carbonyl (C=O) groups excluding carboxylic acids is 2. The van der Waals surface area contributed by atoms with Gasteiger partial charge in [-0.2, -0.15) is 0 Å². The van der Waals surface area contributed by atoms with Gasteiger partial charge in [0.2, 0.25) is 0 Å². The summed E-state index contributed by atoms with van der Waals surface area (Å²) in [6, 6.07) is 10.6. The van der Waals surface area contributed by atoms with E-state index in [-0.39, 0.29) is 11.9 Å². The van der Waals surface area contributed by atoms with Crippen LogP contribution in [0.15, 0.2) is 42.5 Å². The summed E-state index contributed by atoms with van der Waals surface area (Å²) in [5.74, 6) is -0.255. The molecular formula is C16H15Cl2N3O2. The summed E-state index contributed by atoms with van der Waals surface area (Å²) in [5, 5.41) is 6.31. The molecule has 0 spiro atoms. The number of rotatable bonds is 4. The Morgan fingerprint density at radius 1 is 1.09 bits per heavy atom. The van der Waals surface area contributed by atoms with Crippen LogP contribution in [-0.4, -0.2) is 11.9 Å². The highest BCUT2D eigenvalue weighted by Crippen LogP contribution is 2.26. The molecule has 120 valence electrons. The van der Waals surface area contributed by atoms with Gasteiger partial charge < -0.3 is 16.4 Å². The van der Waals surface area contributed by atoms with Gasteiger partial charge in [-0.05, 0) is 48.9 Å². The SMILES string of the molecule is CC(NC(=O)c1ccc(NC(N)=O)cc1)c1ccc(Cl)cc1Cl. The van der Waals surface area contributed by atoms with Gasteiger partial charge in [0.1, 0.15) is 0 Å². The smallest absolute Gasteiger partial charge is 0.316 e. The minimum Gasteiger partial charge on any atom is -0.351 e. The zero-order chi connectivity index (χ0) is 17.0. The van der Waals surface area contributed by atoms with Crippen molar-refractivity contribution in [2.45, 2.75) is 13.0 Å². The predicted molar refractivity (Wildman–Crippen MR) is 92.0 cm³/mol. The lowest BCUT2D eigenvalue weighted by molar-refractivity contribution is 0.0940. The van der Waals surface area contributed by atoms with E-state index in [1.807, 2.05) is 6.92 Å². The van der Waals surface area contributed by atoms with E-state index in [4.69, 9.17) is 28.9 Å². The molecule has 0 heterocycles. The van der Waals surface area contributed by atoms with Gasteiger partial charge in [0.05, 0.1) is 6.04 Å². The first-order chi connectivity index (χ1) is 10.9. The van der Waals surface area contributed by atoms with Crippen LogP contribution in [0.25, 0.3) is 0 Å². The van der Waals surface area contributed by atoms with E-state index in [2.05, 4.69) is 10.6 Å². The standard InChI is InChI=1S/C16H15Cl2N3O2/c1-9(13-7-4-11(17)8-14(13)18)20-15(22)10-2-5-12(6-3-10)21-16(19)23/h2-9H,1H3,(H,20,22)(H3,19,21,23). The highest BCUT2D eigenvalue weighted by atomic mass is 35.5. The van der Waals surface area contributed by atoms with Gasteiger partial charge in [-0.15, -0.1) is 0 Å². The number of halogens is 2. The third-order valence-corrected chi connectivity index (χ3v) is 3.75. The van der Waals surface area contributed by atoms with Gasteiger partial charge in [-0.1, -0.05) is 29.3 Å². The second-order valence-corrected chi connectivity index (χ2v) is 5.77. The largest absolute Gasteiger partial charge is 0.351 e. The normalized spacial score (nSPS) is 11.6. The molecule has 2 aromatic carbocycles. The summed E-state index contributed by atoms with van der Waals surface area (Å²) in [7, 11) is 0. The third-order valence-electron chi connectivity index (χ3n) is 3.19. The van der Waals surface area contributed by atoms with Crippen LogP contribution in [0.1, 0.15) is 28.9 Å². The molecular weight excluding hydrogens is 337 g/mol. The first-order valence-corrected chi connectivity index (χ1v) is 7.54. The average Bonchev–Trinajstić information content (AvgIpc) is 2.47. The van der Waals surface area contributed by atoms with E-state index in [0.29, 0.717) is 21.3 Å². The average molecular weight is 352 g/mol. The lowest BCUT2D eigenvalue weighted by Crippen LogP contribution is -2.26. The third kappa shape index (κ3) is 4.61. The molecule has 0 aliphatic rings. The van der Waals surface area contributed by atoms with Crippen LogP contribution >= 0.6 is 23.2 Å². The molecule has 1 unspecified atom stereocenters. The zero-order valence-electron chi connectivity index (χ0n) is 12.3. The second-order valence-electron chi connectivity index (χ2n) is 4.93. The van der Waals surface area contributed by atoms with E-state index in [1.165, 1.54) is 0 Å². The number of nitrogens with two attached hydrogens (primary N) is 1. The molecule has 0 saturated heterocycles. The fourth-order valence-corrected chi connectivity index (χ4v) is 2.63. The molecule has 3 amide bonds. The molecule has 1 atom stereocenters. The lowest BCUT2D eigenvalue weighted by Gasteiger charge is -2.16. The van der Waals surface area contributed by atoms with Gasteiger partial charge in [-0.25, -0.2) is 4.79 Å². The zero-order valence-corrected chi connectivity index (χ0v) is 13.8. The highest BCUT2D eigenvalue weighted by Gasteiger charge is 2.14. The van der Waals surface area contributed by atoms with Crippen LogP contribution in [0, 0.1) is 0 Å². The van der Waals surface area contributed by atoms with E-state index >= 15 is 0 Å². The van der Waals surface area contributed by atoms with E-state index in [9.17, 15) is 9.59 Å². The van der Waals surface area contributed by atoms with Gasteiger partial charge in [-0.3, -0.25) is 4.79 Å². The molecule has 7 heteroatoms.